The number of anilines is 1. The van der Waals surface area contributed by atoms with Crippen molar-refractivity contribution in [3.8, 4) is 0 Å². The van der Waals surface area contributed by atoms with E-state index in [0.717, 1.165) is 4.47 Å². The van der Waals surface area contributed by atoms with E-state index in [1.807, 2.05) is 12.1 Å². The topological polar surface area (TPSA) is 64.3 Å². The second-order valence-electron chi connectivity index (χ2n) is 3.06. The van der Waals surface area contributed by atoms with Crippen LogP contribution in [0.3, 0.4) is 0 Å². The second kappa shape index (κ2) is 7.62. The minimum Gasteiger partial charge on any atom is -0.383 e. The average Bonchev–Trinajstić information content (AvgIpc) is 2.18. The van der Waals surface area contributed by atoms with Crippen LogP contribution in [0, 0.1) is 0 Å². The number of hydrogen-bond acceptors (Lipinski definition) is 3. The van der Waals surface area contributed by atoms with Crippen LogP contribution >= 0.6 is 28.3 Å². The first-order chi connectivity index (χ1) is 7.13. The van der Waals surface area contributed by atoms with Gasteiger partial charge in [0, 0.05) is 17.3 Å². The van der Waals surface area contributed by atoms with Crippen molar-refractivity contribution in [3.05, 3.63) is 28.7 Å². The largest absolute Gasteiger partial charge is 0.383 e. The molecular weight excluding hydrogens is 295 g/mol. The Kier molecular flexibility index (Phi) is 7.33. The zero-order chi connectivity index (χ0) is 11.3. The van der Waals surface area contributed by atoms with Gasteiger partial charge in [-0.15, -0.1) is 12.4 Å². The maximum atomic E-state index is 11.5. The van der Waals surface area contributed by atoms with Crippen molar-refractivity contribution in [2.45, 2.75) is 6.04 Å². The van der Waals surface area contributed by atoms with Gasteiger partial charge in [-0.05, 0) is 18.2 Å². The highest BCUT2D eigenvalue weighted by Gasteiger charge is 2.12. The molecule has 0 aliphatic carbocycles. The summed E-state index contributed by atoms with van der Waals surface area (Å²) in [6.45, 7) is 0.208. The number of nitrogens with one attached hydrogen (secondary N) is 1. The van der Waals surface area contributed by atoms with E-state index in [1.54, 1.807) is 12.1 Å². The molecule has 4 nitrogen and oxygen atoms in total. The molecule has 0 saturated heterocycles. The Morgan fingerprint density at radius 1 is 1.62 bits per heavy atom. The van der Waals surface area contributed by atoms with Gasteiger partial charge in [0.05, 0.1) is 6.61 Å². The molecule has 0 aromatic heterocycles. The summed E-state index contributed by atoms with van der Waals surface area (Å²) in [6.07, 6.45) is 0. The van der Waals surface area contributed by atoms with Crippen LogP contribution in [0.15, 0.2) is 28.7 Å². The van der Waals surface area contributed by atoms with Crippen molar-refractivity contribution in [3.63, 3.8) is 0 Å². The monoisotopic (exact) mass is 308 g/mol. The molecule has 1 amide bonds. The molecule has 0 bridgehead atoms. The third-order valence-electron chi connectivity index (χ3n) is 1.78. The fourth-order valence-corrected chi connectivity index (χ4v) is 1.46. The number of methoxy groups -OCH3 is 1. The highest BCUT2D eigenvalue weighted by atomic mass is 79.9. The van der Waals surface area contributed by atoms with E-state index in [-0.39, 0.29) is 24.9 Å². The van der Waals surface area contributed by atoms with Gasteiger partial charge in [0.25, 0.3) is 0 Å². The predicted molar refractivity (Wildman–Crippen MR) is 69.9 cm³/mol. The lowest BCUT2D eigenvalue weighted by molar-refractivity contribution is -0.118. The van der Waals surface area contributed by atoms with Crippen molar-refractivity contribution >= 4 is 39.9 Å². The summed E-state index contributed by atoms with van der Waals surface area (Å²) in [5, 5.41) is 2.69. The van der Waals surface area contributed by atoms with Gasteiger partial charge in [0.2, 0.25) is 5.91 Å². The standard InChI is InChI=1S/C10H13BrN2O2.ClH/c1-15-6-9(12)10(14)13-8-4-2-3-7(11)5-8;/h2-5,9H,6,12H2,1H3,(H,13,14);1H. The van der Waals surface area contributed by atoms with Crippen molar-refractivity contribution in [1.82, 2.24) is 0 Å². The van der Waals surface area contributed by atoms with Crippen LogP contribution in [-0.4, -0.2) is 25.7 Å². The molecule has 3 N–H and O–H groups in total. The minimum atomic E-state index is -0.644. The average molecular weight is 310 g/mol. The number of carbonyl (C=O) groups excluding carboxylic acids is 1. The molecule has 16 heavy (non-hydrogen) atoms. The third-order valence-corrected chi connectivity index (χ3v) is 2.27. The number of halogens is 2. The zero-order valence-electron chi connectivity index (χ0n) is 8.77. The smallest absolute Gasteiger partial charge is 0.243 e. The Morgan fingerprint density at radius 2 is 2.31 bits per heavy atom. The van der Waals surface area contributed by atoms with Crippen LogP contribution in [0.25, 0.3) is 0 Å². The van der Waals surface area contributed by atoms with Gasteiger partial charge >= 0.3 is 0 Å². The van der Waals surface area contributed by atoms with E-state index < -0.39 is 6.04 Å². The van der Waals surface area contributed by atoms with Gasteiger partial charge in [-0.1, -0.05) is 22.0 Å². The Bertz CT molecular complexity index is 349. The number of amides is 1. The molecule has 0 heterocycles. The first-order valence-electron chi connectivity index (χ1n) is 4.44. The molecule has 90 valence electrons. The lowest BCUT2D eigenvalue weighted by atomic mass is 10.2. The number of hydrogen-bond donors (Lipinski definition) is 2. The quantitative estimate of drug-likeness (QED) is 0.891. The Labute approximate surface area is 109 Å². The lowest BCUT2D eigenvalue weighted by Crippen LogP contribution is -2.39. The van der Waals surface area contributed by atoms with Gasteiger partial charge in [0.1, 0.15) is 6.04 Å². The number of nitrogens with two attached hydrogens (primary N) is 1. The van der Waals surface area contributed by atoms with Crippen LogP contribution < -0.4 is 11.1 Å². The van der Waals surface area contributed by atoms with Crippen molar-refractivity contribution in [1.29, 1.82) is 0 Å². The SMILES string of the molecule is COCC(N)C(=O)Nc1cccc(Br)c1.Cl. The van der Waals surface area contributed by atoms with E-state index in [4.69, 9.17) is 10.5 Å². The highest BCUT2D eigenvalue weighted by molar-refractivity contribution is 9.10. The summed E-state index contributed by atoms with van der Waals surface area (Å²) in [6, 6.07) is 6.67. The van der Waals surface area contributed by atoms with E-state index in [1.165, 1.54) is 7.11 Å². The first kappa shape index (κ1) is 15.4. The summed E-state index contributed by atoms with van der Waals surface area (Å²) in [5.41, 5.74) is 6.27. The van der Waals surface area contributed by atoms with Gasteiger partial charge < -0.3 is 15.8 Å². The minimum absolute atomic E-state index is 0. The molecule has 1 aromatic carbocycles. The Hall–Kier alpha value is -0.620. The zero-order valence-corrected chi connectivity index (χ0v) is 11.2. The molecule has 6 heteroatoms. The summed E-state index contributed by atoms with van der Waals surface area (Å²) in [4.78, 5) is 11.5. The van der Waals surface area contributed by atoms with Crippen molar-refractivity contribution in [2.75, 3.05) is 19.0 Å². The molecule has 0 saturated carbocycles. The molecule has 0 radical (unpaired) electrons. The van der Waals surface area contributed by atoms with Crippen molar-refractivity contribution < 1.29 is 9.53 Å². The summed E-state index contributed by atoms with van der Waals surface area (Å²) in [5.74, 6) is -0.255. The van der Waals surface area contributed by atoms with E-state index >= 15 is 0 Å². The lowest BCUT2D eigenvalue weighted by Gasteiger charge is -2.11. The van der Waals surface area contributed by atoms with Crippen LogP contribution in [0.2, 0.25) is 0 Å². The highest BCUT2D eigenvalue weighted by Crippen LogP contribution is 2.15. The number of benzene rings is 1. The van der Waals surface area contributed by atoms with E-state index in [2.05, 4.69) is 21.2 Å². The van der Waals surface area contributed by atoms with Gasteiger partial charge in [-0.3, -0.25) is 4.79 Å². The van der Waals surface area contributed by atoms with Crippen LogP contribution in [0.1, 0.15) is 0 Å². The summed E-state index contributed by atoms with van der Waals surface area (Å²) in [7, 11) is 1.51. The molecule has 1 rings (SSSR count). The van der Waals surface area contributed by atoms with Crippen LogP contribution in [-0.2, 0) is 9.53 Å². The Morgan fingerprint density at radius 3 is 2.88 bits per heavy atom. The predicted octanol–water partition coefficient (Wildman–Crippen LogP) is 1.78. The summed E-state index contributed by atoms with van der Waals surface area (Å²) < 4.78 is 5.69. The van der Waals surface area contributed by atoms with Crippen LogP contribution in [0.4, 0.5) is 5.69 Å². The fraction of sp³-hybridized carbons (Fsp3) is 0.300. The molecule has 1 unspecified atom stereocenters. The number of ether oxygens (including phenoxy) is 1. The maximum absolute atomic E-state index is 11.5. The maximum Gasteiger partial charge on any atom is 0.243 e. The fourth-order valence-electron chi connectivity index (χ4n) is 1.06. The second-order valence-corrected chi connectivity index (χ2v) is 3.98. The molecule has 0 spiro atoms. The van der Waals surface area contributed by atoms with Gasteiger partial charge in [-0.2, -0.15) is 0 Å². The molecule has 0 aliphatic rings. The first-order valence-corrected chi connectivity index (χ1v) is 5.23. The molecular formula is C10H14BrClN2O2. The van der Waals surface area contributed by atoms with E-state index in [0.29, 0.717) is 5.69 Å². The molecule has 1 aromatic rings. The van der Waals surface area contributed by atoms with Crippen molar-refractivity contribution in [2.24, 2.45) is 5.73 Å². The molecule has 0 fully saturated rings. The van der Waals surface area contributed by atoms with Gasteiger partial charge in [0.15, 0.2) is 0 Å². The molecule has 1 atom stereocenters. The van der Waals surface area contributed by atoms with E-state index in [9.17, 15) is 4.79 Å². The number of rotatable bonds is 4. The summed E-state index contributed by atoms with van der Waals surface area (Å²) >= 11 is 3.31. The third kappa shape index (κ3) is 4.94. The number of carbonyl (C=O) groups is 1. The Balaban J connectivity index is 0.00000225. The van der Waals surface area contributed by atoms with Crippen LogP contribution in [0.5, 0.6) is 0 Å². The normalized spacial score (nSPS) is 11.4. The molecule has 0 aliphatic heterocycles. The van der Waals surface area contributed by atoms with Gasteiger partial charge in [-0.25, -0.2) is 0 Å².